The summed E-state index contributed by atoms with van der Waals surface area (Å²) in [5.41, 5.74) is 0. The highest BCUT2D eigenvalue weighted by Gasteiger charge is 2.23. The maximum Gasteiger partial charge on any atom is 0.0361 e. The number of hydrogen-bond acceptors (Lipinski definition) is 0. The second-order valence-electron chi connectivity index (χ2n) is 2.07. The minimum absolute atomic E-state index is 0.505. The van der Waals surface area contributed by atoms with Crippen LogP contribution in [0.25, 0.3) is 0 Å². The first-order chi connectivity index (χ1) is 2.80. The van der Waals surface area contributed by atoms with E-state index in [2.05, 4.69) is 6.92 Å². The van der Waals surface area contributed by atoms with Crippen LogP contribution in [0.4, 0.5) is 0 Å². The van der Waals surface area contributed by atoms with Gasteiger partial charge in [-0.25, -0.2) is 0 Å². The molecule has 0 heterocycles. The largest absolute Gasteiger partial charge is 0.123 e. The van der Waals surface area contributed by atoms with Crippen molar-refractivity contribution in [2.75, 3.05) is 0 Å². The van der Waals surface area contributed by atoms with Gasteiger partial charge in [0.25, 0.3) is 0 Å². The lowest BCUT2D eigenvalue weighted by Gasteiger charge is -2.27. The molecule has 36 valence electrons. The number of rotatable bonds is 0. The Morgan fingerprint density at radius 3 is 2.00 bits per heavy atom. The molecule has 0 aliphatic heterocycles. The zero-order valence-electron chi connectivity index (χ0n) is 3.95. The van der Waals surface area contributed by atoms with E-state index in [0.29, 0.717) is 5.38 Å². The van der Waals surface area contributed by atoms with Crippen LogP contribution in [-0.4, -0.2) is 5.38 Å². The van der Waals surface area contributed by atoms with Gasteiger partial charge in [-0.3, -0.25) is 0 Å². The van der Waals surface area contributed by atoms with Gasteiger partial charge in [-0.05, 0) is 18.8 Å². The second kappa shape index (κ2) is 1.42. The third-order valence-corrected chi connectivity index (χ3v) is 2.16. The topological polar surface area (TPSA) is 0 Å². The molecule has 0 nitrogen and oxygen atoms in total. The van der Waals surface area contributed by atoms with Crippen molar-refractivity contribution in [2.45, 2.75) is 25.1 Å². The number of alkyl halides is 1. The summed E-state index contributed by atoms with van der Waals surface area (Å²) >= 11 is 5.70. The van der Waals surface area contributed by atoms with Crippen LogP contribution in [0.2, 0.25) is 0 Å². The highest BCUT2D eigenvalue weighted by atomic mass is 35.5. The minimum Gasteiger partial charge on any atom is -0.123 e. The van der Waals surface area contributed by atoms with Crippen LogP contribution in [0, 0.1) is 5.92 Å². The van der Waals surface area contributed by atoms with Gasteiger partial charge >= 0.3 is 0 Å². The minimum atomic E-state index is 0.505. The Morgan fingerprint density at radius 2 is 2.00 bits per heavy atom. The van der Waals surface area contributed by atoms with Gasteiger partial charge in [-0.15, -0.1) is 11.6 Å². The second-order valence-corrected chi connectivity index (χ2v) is 2.63. The molecule has 0 N–H and O–H groups in total. The Labute approximate surface area is 43.5 Å². The third kappa shape index (κ3) is 0.538. The molecule has 1 fully saturated rings. The van der Waals surface area contributed by atoms with E-state index >= 15 is 0 Å². The van der Waals surface area contributed by atoms with Gasteiger partial charge in [-0.1, -0.05) is 6.92 Å². The maximum absolute atomic E-state index is 5.70. The molecule has 6 heavy (non-hydrogen) atoms. The SMILES string of the molecule is C[C@H]1CC[C@H]1Cl. The fourth-order valence-corrected chi connectivity index (χ4v) is 0.878. The van der Waals surface area contributed by atoms with E-state index in [9.17, 15) is 0 Å². The molecule has 1 heteroatoms. The van der Waals surface area contributed by atoms with E-state index in [1.165, 1.54) is 12.8 Å². The van der Waals surface area contributed by atoms with Gasteiger partial charge in [0.2, 0.25) is 0 Å². The lowest BCUT2D eigenvalue weighted by molar-refractivity contribution is 0.356. The molecule has 0 radical (unpaired) electrons. The molecule has 2 atom stereocenters. The Kier molecular flexibility index (Phi) is 1.05. The van der Waals surface area contributed by atoms with Crippen molar-refractivity contribution in [3.8, 4) is 0 Å². The molecule has 1 aliphatic carbocycles. The summed E-state index contributed by atoms with van der Waals surface area (Å²) in [4.78, 5) is 0. The molecule has 0 bridgehead atoms. The van der Waals surface area contributed by atoms with Crippen molar-refractivity contribution in [3.63, 3.8) is 0 Å². The van der Waals surface area contributed by atoms with Gasteiger partial charge in [-0.2, -0.15) is 0 Å². The fourth-order valence-electron chi connectivity index (χ4n) is 0.626. The van der Waals surface area contributed by atoms with Gasteiger partial charge in [0.05, 0.1) is 0 Å². The third-order valence-electron chi connectivity index (χ3n) is 1.52. The van der Waals surface area contributed by atoms with E-state index in [0.717, 1.165) is 5.92 Å². The van der Waals surface area contributed by atoms with E-state index in [-0.39, 0.29) is 0 Å². The molecule has 0 aromatic rings. The standard InChI is InChI=1S/C5H9Cl/c1-4-2-3-5(4)6/h4-5H,2-3H2,1H3/t4-,5+/m0/s1. The van der Waals surface area contributed by atoms with E-state index < -0.39 is 0 Å². The number of halogens is 1. The zero-order valence-corrected chi connectivity index (χ0v) is 4.70. The highest BCUT2D eigenvalue weighted by Crippen LogP contribution is 2.30. The summed E-state index contributed by atoms with van der Waals surface area (Å²) in [5, 5.41) is 0.505. The van der Waals surface area contributed by atoms with Gasteiger partial charge < -0.3 is 0 Å². The molecule has 0 unspecified atom stereocenters. The first-order valence-electron chi connectivity index (χ1n) is 2.45. The van der Waals surface area contributed by atoms with Crippen LogP contribution >= 0.6 is 11.6 Å². The zero-order chi connectivity index (χ0) is 4.57. The first-order valence-corrected chi connectivity index (χ1v) is 2.88. The Balaban J connectivity index is 2.20. The Bertz CT molecular complexity index is 43.9. The predicted molar refractivity (Wildman–Crippen MR) is 28.0 cm³/mol. The van der Waals surface area contributed by atoms with Crippen molar-refractivity contribution >= 4 is 11.6 Å². The summed E-state index contributed by atoms with van der Waals surface area (Å²) in [5.74, 6) is 0.798. The molecule has 1 aliphatic rings. The quantitative estimate of drug-likeness (QED) is 0.413. The normalized spacial score (nSPS) is 45.0. The molecule has 1 rings (SSSR count). The summed E-state index contributed by atoms with van der Waals surface area (Å²) in [6.45, 7) is 2.20. The van der Waals surface area contributed by atoms with Gasteiger partial charge in [0, 0.05) is 5.38 Å². The summed E-state index contributed by atoms with van der Waals surface area (Å²) in [6, 6.07) is 0. The Morgan fingerprint density at radius 1 is 1.50 bits per heavy atom. The van der Waals surface area contributed by atoms with Crippen molar-refractivity contribution in [1.29, 1.82) is 0 Å². The van der Waals surface area contributed by atoms with Crippen LogP contribution < -0.4 is 0 Å². The molecule has 0 spiro atoms. The van der Waals surface area contributed by atoms with Crippen LogP contribution in [-0.2, 0) is 0 Å². The Hall–Kier alpha value is 0.290. The summed E-state index contributed by atoms with van der Waals surface area (Å²) in [7, 11) is 0. The smallest absolute Gasteiger partial charge is 0.0361 e. The average molecular weight is 105 g/mol. The molecule has 0 amide bonds. The summed E-state index contributed by atoms with van der Waals surface area (Å²) < 4.78 is 0. The molecule has 1 saturated carbocycles. The molecule has 0 aromatic carbocycles. The van der Waals surface area contributed by atoms with E-state index in [1.807, 2.05) is 0 Å². The predicted octanol–water partition coefficient (Wildman–Crippen LogP) is 2.02. The summed E-state index contributed by atoms with van der Waals surface area (Å²) in [6.07, 6.45) is 2.58. The first kappa shape index (κ1) is 4.45. The van der Waals surface area contributed by atoms with Crippen LogP contribution in [0.5, 0.6) is 0 Å². The fraction of sp³-hybridized carbons (Fsp3) is 1.00. The van der Waals surface area contributed by atoms with Crippen molar-refractivity contribution in [3.05, 3.63) is 0 Å². The highest BCUT2D eigenvalue weighted by molar-refractivity contribution is 6.21. The van der Waals surface area contributed by atoms with Crippen LogP contribution in [0.1, 0.15) is 19.8 Å². The van der Waals surface area contributed by atoms with E-state index in [1.54, 1.807) is 0 Å². The number of hydrogen-bond donors (Lipinski definition) is 0. The van der Waals surface area contributed by atoms with Gasteiger partial charge in [0.15, 0.2) is 0 Å². The lowest BCUT2D eigenvalue weighted by Crippen LogP contribution is -2.22. The van der Waals surface area contributed by atoms with Crippen LogP contribution in [0.15, 0.2) is 0 Å². The molecule has 0 aromatic heterocycles. The van der Waals surface area contributed by atoms with Gasteiger partial charge in [0.1, 0.15) is 0 Å². The van der Waals surface area contributed by atoms with Crippen molar-refractivity contribution in [2.24, 2.45) is 5.92 Å². The molecular weight excluding hydrogens is 95.5 g/mol. The lowest BCUT2D eigenvalue weighted by atomic mass is 9.87. The maximum atomic E-state index is 5.70. The van der Waals surface area contributed by atoms with Crippen molar-refractivity contribution in [1.82, 2.24) is 0 Å². The monoisotopic (exact) mass is 104 g/mol. The van der Waals surface area contributed by atoms with Crippen molar-refractivity contribution < 1.29 is 0 Å². The molecular formula is C5H9Cl. The average Bonchev–Trinajstić information content (AvgIpc) is 1.61. The van der Waals surface area contributed by atoms with E-state index in [4.69, 9.17) is 11.6 Å². The van der Waals surface area contributed by atoms with Crippen LogP contribution in [0.3, 0.4) is 0 Å². The molecule has 0 saturated heterocycles.